The first-order chi connectivity index (χ1) is 14.8. The lowest BCUT2D eigenvalue weighted by molar-refractivity contribution is -0.144. The van der Waals surface area contributed by atoms with Crippen LogP contribution >= 0.6 is 0 Å². The first-order valence-electron chi connectivity index (χ1n) is 9.74. The Morgan fingerprint density at radius 2 is 1.77 bits per heavy atom. The van der Waals surface area contributed by atoms with E-state index in [1.165, 1.54) is 0 Å². The molecule has 3 aromatic carbocycles. The van der Waals surface area contributed by atoms with Gasteiger partial charge in [-0.3, -0.25) is 4.79 Å². The second-order valence-electron chi connectivity index (χ2n) is 7.02. The minimum Gasteiger partial charge on any atom is -0.486 e. The van der Waals surface area contributed by atoms with E-state index < -0.39 is 0 Å². The van der Waals surface area contributed by atoms with Gasteiger partial charge in [-0.2, -0.15) is 0 Å². The molecule has 1 aliphatic rings. The number of hydrogen-bond acceptors (Lipinski definition) is 6. The molecule has 0 unspecified atom stereocenters. The molecular weight excluding hydrogens is 382 g/mol. The molecule has 0 bridgehead atoms. The smallest absolute Gasteiger partial charge is 0.310 e. The normalized spacial score (nSPS) is 12.7. The first kappa shape index (κ1) is 18.2. The third kappa shape index (κ3) is 3.72. The van der Waals surface area contributed by atoms with Crippen molar-refractivity contribution in [2.24, 2.45) is 0 Å². The number of hydrogen-bond donors (Lipinski definition) is 0. The predicted octanol–water partition coefficient (Wildman–Crippen LogP) is 4.55. The Morgan fingerprint density at radius 1 is 0.933 bits per heavy atom. The fourth-order valence-corrected chi connectivity index (χ4v) is 3.52. The van der Waals surface area contributed by atoms with Gasteiger partial charge in [0.2, 0.25) is 0 Å². The number of fused-ring (bicyclic) bond motifs is 2. The fraction of sp³-hybridized carbons (Fsp3) is 0.167. The third-order valence-corrected chi connectivity index (χ3v) is 4.98. The topological polar surface area (TPSA) is 70.8 Å². The fourth-order valence-electron chi connectivity index (χ4n) is 3.52. The van der Waals surface area contributed by atoms with Crippen LogP contribution < -0.4 is 9.47 Å². The summed E-state index contributed by atoms with van der Waals surface area (Å²) in [6, 6.07) is 21.2. The SMILES string of the molecule is O=C(Cc1cccc2ccccc12)OCc1cc(-c2ccc3c(c2)OCCO3)on1. The van der Waals surface area contributed by atoms with Crippen molar-refractivity contribution in [2.45, 2.75) is 13.0 Å². The van der Waals surface area contributed by atoms with Gasteiger partial charge >= 0.3 is 5.97 Å². The van der Waals surface area contributed by atoms with Crippen molar-refractivity contribution in [1.29, 1.82) is 0 Å². The van der Waals surface area contributed by atoms with E-state index in [1.54, 1.807) is 6.07 Å². The number of benzene rings is 3. The summed E-state index contributed by atoms with van der Waals surface area (Å²) >= 11 is 0. The highest BCUT2D eigenvalue weighted by Crippen LogP contribution is 2.34. The van der Waals surface area contributed by atoms with Gasteiger partial charge in [-0.25, -0.2) is 0 Å². The Balaban J connectivity index is 1.24. The molecule has 1 aromatic heterocycles. The van der Waals surface area contributed by atoms with Crippen LogP contribution in [-0.2, 0) is 22.6 Å². The summed E-state index contributed by atoms with van der Waals surface area (Å²) in [5.74, 6) is 1.66. The van der Waals surface area contributed by atoms with Gasteiger partial charge in [0, 0.05) is 11.6 Å². The van der Waals surface area contributed by atoms with E-state index in [1.807, 2.05) is 60.7 Å². The Morgan fingerprint density at radius 3 is 2.70 bits per heavy atom. The number of esters is 1. The Labute approximate surface area is 173 Å². The van der Waals surface area contributed by atoms with Crippen molar-refractivity contribution >= 4 is 16.7 Å². The molecule has 0 radical (unpaired) electrons. The van der Waals surface area contributed by atoms with Crippen molar-refractivity contribution < 1.29 is 23.5 Å². The van der Waals surface area contributed by atoms with Crippen LogP contribution in [0.5, 0.6) is 11.5 Å². The molecule has 5 rings (SSSR count). The zero-order valence-corrected chi connectivity index (χ0v) is 16.2. The maximum atomic E-state index is 12.4. The summed E-state index contributed by atoms with van der Waals surface area (Å²) in [6.07, 6.45) is 0.203. The minimum atomic E-state index is -0.310. The largest absolute Gasteiger partial charge is 0.486 e. The van der Waals surface area contributed by atoms with Gasteiger partial charge in [0.25, 0.3) is 0 Å². The number of ether oxygens (including phenoxy) is 3. The second kappa shape index (κ2) is 7.91. The summed E-state index contributed by atoms with van der Waals surface area (Å²) in [4.78, 5) is 12.4. The van der Waals surface area contributed by atoms with Gasteiger partial charge in [0.05, 0.1) is 6.42 Å². The van der Waals surface area contributed by atoms with E-state index >= 15 is 0 Å². The van der Waals surface area contributed by atoms with Gasteiger partial charge in [-0.1, -0.05) is 47.6 Å². The van der Waals surface area contributed by atoms with E-state index in [4.69, 9.17) is 18.7 Å². The number of aromatic nitrogens is 1. The van der Waals surface area contributed by atoms with Crippen LogP contribution in [0.2, 0.25) is 0 Å². The maximum absolute atomic E-state index is 12.4. The third-order valence-electron chi connectivity index (χ3n) is 4.98. The molecule has 0 spiro atoms. The summed E-state index contributed by atoms with van der Waals surface area (Å²) in [5.41, 5.74) is 2.31. The van der Waals surface area contributed by atoms with Gasteiger partial charge < -0.3 is 18.7 Å². The van der Waals surface area contributed by atoms with Crippen molar-refractivity contribution in [1.82, 2.24) is 5.16 Å². The molecule has 4 aromatic rings. The molecule has 2 heterocycles. The molecule has 0 amide bonds. The van der Waals surface area contributed by atoms with E-state index in [9.17, 15) is 4.79 Å². The molecule has 0 aliphatic carbocycles. The minimum absolute atomic E-state index is 0.0532. The highest BCUT2D eigenvalue weighted by atomic mass is 16.6. The average Bonchev–Trinajstić information content (AvgIpc) is 3.27. The highest BCUT2D eigenvalue weighted by Gasteiger charge is 2.15. The molecule has 6 nitrogen and oxygen atoms in total. The predicted molar refractivity (Wildman–Crippen MR) is 110 cm³/mol. The number of carbonyl (C=O) groups is 1. The van der Waals surface area contributed by atoms with Gasteiger partial charge in [-0.05, 0) is 34.5 Å². The Hall–Kier alpha value is -3.80. The molecule has 0 atom stereocenters. The van der Waals surface area contributed by atoms with Crippen LogP contribution in [-0.4, -0.2) is 24.3 Å². The number of carbonyl (C=O) groups excluding carboxylic acids is 1. The lowest BCUT2D eigenvalue weighted by Crippen LogP contribution is -2.15. The molecule has 0 saturated heterocycles. The molecule has 30 heavy (non-hydrogen) atoms. The van der Waals surface area contributed by atoms with Gasteiger partial charge in [0.1, 0.15) is 25.5 Å². The van der Waals surface area contributed by atoms with Crippen LogP contribution in [0.4, 0.5) is 0 Å². The van der Waals surface area contributed by atoms with Gasteiger partial charge in [0.15, 0.2) is 17.3 Å². The van der Waals surface area contributed by atoms with Crippen molar-refractivity contribution in [3.05, 3.63) is 78.0 Å². The molecule has 1 aliphatic heterocycles. The molecular formula is C24H19NO5. The number of nitrogens with zero attached hydrogens (tertiary/aromatic N) is 1. The van der Waals surface area contributed by atoms with Crippen LogP contribution in [0.1, 0.15) is 11.3 Å². The molecule has 0 N–H and O–H groups in total. The van der Waals surface area contributed by atoms with E-state index in [0.29, 0.717) is 36.2 Å². The second-order valence-corrected chi connectivity index (χ2v) is 7.02. The molecule has 0 saturated carbocycles. The molecule has 6 heteroatoms. The van der Waals surface area contributed by atoms with Crippen LogP contribution in [0.15, 0.2) is 71.3 Å². The zero-order chi connectivity index (χ0) is 20.3. The van der Waals surface area contributed by atoms with E-state index in [2.05, 4.69) is 5.16 Å². The van der Waals surface area contributed by atoms with Crippen molar-refractivity contribution in [3.63, 3.8) is 0 Å². The van der Waals surface area contributed by atoms with Crippen LogP contribution in [0.3, 0.4) is 0 Å². The van der Waals surface area contributed by atoms with E-state index in [-0.39, 0.29) is 19.0 Å². The molecule has 0 fully saturated rings. The summed E-state index contributed by atoms with van der Waals surface area (Å²) in [5, 5.41) is 6.16. The average molecular weight is 401 g/mol. The molecule has 150 valence electrons. The highest BCUT2D eigenvalue weighted by molar-refractivity contribution is 5.89. The standard InChI is InChI=1S/C24H19NO5/c26-24(13-17-6-3-5-16-4-1-2-7-20(16)17)29-15-19-14-22(30-25-19)18-8-9-21-23(12-18)28-11-10-27-21/h1-9,12,14H,10-11,13,15H2. The maximum Gasteiger partial charge on any atom is 0.310 e. The quantitative estimate of drug-likeness (QED) is 0.457. The van der Waals surface area contributed by atoms with Crippen molar-refractivity contribution in [2.75, 3.05) is 13.2 Å². The van der Waals surface area contributed by atoms with Crippen LogP contribution in [0.25, 0.3) is 22.1 Å². The first-order valence-corrected chi connectivity index (χ1v) is 9.74. The Kier molecular flexibility index (Phi) is 4.81. The van der Waals surface area contributed by atoms with Crippen LogP contribution in [0, 0.1) is 0 Å². The summed E-state index contributed by atoms with van der Waals surface area (Å²) in [6.45, 7) is 1.12. The lowest BCUT2D eigenvalue weighted by atomic mass is 10.0. The Bertz CT molecular complexity index is 1210. The lowest BCUT2D eigenvalue weighted by Gasteiger charge is -2.18. The van der Waals surface area contributed by atoms with E-state index in [0.717, 1.165) is 21.9 Å². The summed E-state index contributed by atoms with van der Waals surface area (Å²) < 4.78 is 22.0. The van der Waals surface area contributed by atoms with Gasteiger partial charge in [-0.15, -0.1) is 0 Å². The van der Waals surface area contributed by atoms with Crippen molar-refractivity contribution in [3.8, 4) is 22.8 Å². The zero-order valence-electron chi connectivity index (χ0n) is 16.2. The number of rotatable bonds is 5. The summed E-state index contributed by atoms with van der Waals surface area (Å²) in [7, 11) is 0. The monoisotopic (exact) mass is 401 g/mol.